The largest absolute Gasteiger partial charge is 0.419 e. The number of hydrogen-bond acceptors (Lipinski definition) is 2. The molecule has 14 heavy (non-hydrogen) atoms. The number of hydrogen-bond donors (Lipinski definition) is 0. The fourth-order valence-corrected chi connectivity index (χ4v) is 1.29. The summed E-state index contributed by atoms with van der Waals surface area (Å²) in [5.41, 5.74) is 0.840. The lowest BCUT2D eigenvalue weighted by molar-refractivity contribution is 0.506. The van der Waals surface area contributed by atoms with Crippen LogP contribution in [0.2, 0.25) is 5.02 Å². The minimum absolute atomic E-state index is 0.366. The first kappa shape index (κ1) is 9.09. The summed E-state index contributed by atoms with van der Waals surface area (Å²) in [6.45, 7) is 0. The fourth-order valence-electron chi connectivity index (χ4n) is 1.17. The Morgan fingerprint density at radius 3 is 2.43 bits per heavy atom. The summed E-state index contributed by atoms with van der Waals surface area (Å²) < 4.78 is 6.40. The van der Waals surface area contributed by atoms with E-state index in [9.17, 15) is 4.79 Å². The summed E-state index contributed by atoms with van der Waals surface area (Å²) in [4.78, 5) is 11.1. The molecule has 0 amide bonds. The van der Waals surface area contributed by atoms with Gasteiger partial charge in [0, 0.05) is 17.6 Å². The zero-order valence-corrected chi connectivity index (χ0v) is 8.28. The molecule has 0 unspecified atom stereocenters. The molecule has 0 aliphatic carbocycles. The molecule has 1 aromatic carbocycles. The molecule has 1 heterocycles. The lowest BCUT2D eigenvalue weighted by Gasteiger charge is -1.94. The van der Waals surface area contributed by atoms with Gasteiger partial charge in [0.05, 0.1) is 6.20 Å². The molecule has 0 radical (unpaired) electrons. The number of nitrogens with zero attached hydrogens (tertiary/aromatic N) is 1. The number of halogens is 1. The van der Waals surface area contributed by atoms with Gasteiger partial charge in [0.1, 0.15) is 0 Å². The smallest absolute Gasteiger partial charge is 0.408 e. The number of oxazole rings is 1. The van der Waals surface area contributed by atoms with Crippen molar-refractivity contribution in [2.45, 2.75) is 0 Å². The van der Waals surface area contributed by atoms with E-state index in [-0.39, 0.29) is 5.76 Å². The van der Waals surface area contributed by atoms with E-state index in [1.165, 1.54) is 4.57 Å². The Bertz CT molecular complexity index is 496. The lowest BCUT2D eigenvalue weighted by atomic mass is 10.2. The Labute approximate surface area is 85.5 Å². The number of benzene rings is 1. The van der Waals surface area contributed by atoms with Crippen LogP contribution in [0.3, 0.4) is 0 Å². The second-order valence-corrected chi connectivity index (χ2v) is 3.42. The van der Waals surface area contributed by atoms with Crippen molar-refractivity contribution >= 4 is 11.6 Å². The van der Waals surface area contributed by atoms with Crippen LogP contribution in [0.4, 0.5) is 0 Å². The number of aromatic nitrogens is 1. The van der Waals surface area contributed by atoms with Crippen LogP contribution in [0.15, 0.2) is 39.7 Å². The molecule has 0 fully saturated rings. The Kier molecular flexibility index (Phi) is 2.17. The lowest BCUT2D eigenvalue weighted by Crippen LogP contribution is -2.06. The van der Waals surface area contributed by atoms with Gasteiger partial charge in [-0.05, 0) is 24.3 Å². The zero-order chi connectivity index (χ0) is 10.1. The molecule has 0 N–H and O–H groups in total. The molecule has 2 rings (SSSR count). The predicted molar refractivity (Wildman–Crippen MR) is 54.4 cm³/mol. The molecule has 0 aliphatic heterocycles. The second kappa shape index (κ2) is 3.35. The molecule has 3 nitrogen and oxygen atoms in total. The van der Waals surface area contributed by atoms with Crippen molar-refractivity contribution in [3.63, 3.8) is 0 Å². The normalized spacial score (nSPS) is 10.4. The van der Waals surface area contributed by atoms with Crippen LogP contribution in [-0.4, -0.2) is 4.57 Å². The predicted octanol–water partition coefficient (Wildman–Crippen LogP) is 2.30. The van der Waals surface area contributed by atoms with E-state index in [1.807, 2.05) is 0 Å². The Morgan fingerprint density at radius 2 is 1.93 bits per heavy atom. The third-order valence-electron chi connectivity index (χ3n) is 1.92. The van der Waals surface area contributed by atoms with E-state index in [0.29, 0.717) is 10.8 Å². The highest BCUT2D eigenvalue weighted by Crippen LogP contribution is 2.19. The highest BCUT2D eigenvalue weighted by molar-refractivity contribution is 6.30. The van der Waals surface area contributed by atoms with Gasteiger partial charge in [-0.2, -0.15) is 0 Å². The van der Waals surface area contributed by atoms with Gasteiger partial charge in [0.25, 0.3) is 0 Å². The molecule has 4 heteroatoms. The molecular weight excluding hydrogens is 202 g/mol. The van der Waals surface area contributed by atoms with Crippen LogP contribution in [0.5, 0.6) is 0 Å². The highest BCUT2D eigenvalue weighted by atomic mass is 35.5. The van der Waals surface area contributed by atoms with E-state index in [4.69, 9.17) is 16.0 Å². The van der Waals surface area contributed by atoms with Gasteiger partial charge < -0.3 is 4.42 Å². The molecule has 2 aromatic rings. The second-order valence-electron chi connectivity index (χ2n) is 2.98. The van der Waals surface area contributed by atoms with Crippen LogP contribution in [0.25, 0.3) is 11.3 Å². The minimum atomic E-state index is -0.366. The molecule has 0 spiro atoms. The molecular formula is C10H8ClNO2. The van der Waals surface area contributed by atoms with Crippen LogP contribution in [0.1, 0.15) is 0 Å². The first-order chi connectivity index (χ1) is 6.66. The fraction of sp³-hybridized carbons (Fsp3) is 0.100. The third-order valence-corrected chi connectivity index (χ3v) is 2.18. The summed E-state index contributed by atoms with van der Waals surface area (Å²) >= 11 is 5.74. The Balaban J connectivity index is 2.49. The molecule has 0 saturated carbocycles. The Morgan fingerprint density at radius 1 is 1.29 bits per heavy atom. The maximum absolute atomic E-state index is 11.1. The average molecular weight is 210 g/mol. The first-order valence-electron chi connectivity index (χ1n) is 4.09. The maximum Gasteiger partial charge on any atom is 0.419 e. The molecule has 0 aliphatic rings. The van der Waals surface area contributed by atoms with E-state index in [1.54, 1.807) is 37.5 Å². The zero-order valence-electron chi connectivity index (χ0n) is 7.53. The summed E-state index contributed by atoms with van der Waals surface area (Å²) in [5.74, 6) is 0.184. The topological polar surface area (TPSA) is 35.1 Å². The summed E-state index contributed by atoms with van der Waals surface area (Å²) in [5, 5.41) is 0.659. The molecule has 72 valence electrons. The SMILES string of the molecule is Cn1cc(-c2ccc(Cl)cc2)oc1=O. The number of rotatable bonds is 1. The number of aryl methyl sites for hydroxylation is 1. The van der Waals surface area contributed by atoms with Crippen molar-refractivity contribution in [3.05, 3.63) is 46.0 Å². The van der Waals surface area contributed by atoms with Crippen molar-refractivity contribution in [1.29, 1.82) is 0 Å². The average Bonchev–Trinajstić information content (AvgIpc) is 2.48. The van der Waals surface area contributed by atoms with Gasteiger partial charge in [0.2, 0.25) is 0 Å². The first-order valence-corrected chi connectivity index (χ1v) is 4.47. The van der Waals surface area contributed by atoms with Crippen molar-refractivity contribution in [3.8, 4) is 11.3 Å². The van der Waals surface area contributed by atoms with Gasteiger partial charge in [-0.25, -0.2) is 4.79 Å². The summed E-state index contributed by atoms with van der Waals surface area (Å²) in [6.07, 6.45) is 1.64. The molecule has 0 saturated heterocycles. The van der Waals surface area contributed by atoms with E-state index >= 15 is 0 Å². The summed E-state index contributed by atoms with van der Waals surface area (Å²) in [6, 6.07) is 7.12. The van der Waals surface area contributed by atoms with E-state index in [0.717, 1.165) is 5.56 Å². The highest BCUT2D eigenvalue weighted by Gasteiger charge is 2.04. The third kappa shape index (κ3) is 1.59. The van der Waals surface area contributed by atoms with Crippen molar-refractivity contribution < 1.29 is 4.42 Å². The quantitative estimate of drug-likeness (QED) is 0.723. The van der Waals surface area contributed by atoms with Crippen molar-refractivity contribution in [1.82, 2.24) is 4.57 Å². The standard InChI is InChI=1S/C10H8ClNO2/c1-12-6-9(14-10(12)13)7-2-4-8(11)5-3-7/h2-6H,1H3. The van der Waals surface area contributed by atoms with Gasteiger partial charge in [-0.1, -0.05) is 11.6 Å². The molecule has 0 bridgehead atoms. The van der Waals surface area contributed by atoms with Crippen LogP contribution in [0, 0.1) is 0 Å². The molecule has 0 atom stereocenters. The van der Waals surface area contributed by atoms with Gasteiger partial charge in [0.15, 0.2) is 5.76 Å². The maximum atomic E-state index is 11.1. The van der Waals surface area contributed by atoms with E-state index < -0.39 is 0 Å². The van der Waals surface area contributed by atoms with Crippen LogP contribution >= 0.6 is 11.6 Å². The van der Waals surface area contributed by atoms with E-state index in [2.05, 4.69) is 0 Å². The van der Waals surface area contributed by atoms with Crippen molar-refractivity contribution in [2.75, 3.05) is 0 Å². The minimum Gasteiger partial charge on any atom is -0.408 e. The molecule has 1 aromatic heterocycles. The van der Waals surface area contributed by atoms with Gasteiger partial charge in [-0.15, -0.1) is 0 Å². The Hall–Kier alpha value is -1.48. The van der Waals surface area contributed by atoms with Gasteiger partial charge >= 0.3 is 5.76 Å². The van der Waals surface area contributed by atoms with Crippen LogP contribution < -0.4 is 5.76 Å². The van der Waals surface area contributed by atoms with Gasteiger partial charge in [-0.3, -0.25) is 4.57 Å². The summed E-state index contributed by atoms with van der Waals surface area (Å²) in [7, 11) is 1.64. The monoisotopic (exact) mass is 209 g/mol. The van der Waals surface area contributed by atoms with Crippen molar-refractivity contribution in [2.24, 2.45) is 7.05 Å². The van der Waals surface area contributed by atoms with Crippen LogP contribution in [-0.2, 0) is 7.05 Å².